The number of para-hydroxylation sites is 1. The first kappa shape index (κ1) is 85.3. The summed E-state index contributed by atoms with van der Waals surface area (Å²) >= 11 is 1.86. The minimum Gasteiger partial charge on any atom is -0.507 e. The van der Waals surface area contributed by atoms with Gasteiger partial charge in [0.2, 0.25) is 65.0 Å². The number of unbranched alkanes of at least 4 members (excludes halogenated alkanes) is 1. The average molecular weight is 1630 g/mol. The van der Waals surface area contributed by atoms with Crippen LogP contribution < -0.4 is 70.0 Å². The minimum atomic E-state index is -1.89. The van der Waals surface area contributed by atoms with Gasteiger partial charge in [-0.15, -0.1) is 0 Å². The number of phenols is 1. The number of aliphatic hydroxyl groups is 2. The van der Waals surface area contributed by atoms with Crippen molar-refractivity contribution in [1.29, 1.82) is 0 Å². The minimum absolute atomic E-state index is 0.0115. The Kier molecular flexibility index (Phi) is 34.0. The number of halogens is 1. The molecule has 580 valence electrons. The van der Waals surface area contributed by atoms with E-state index in [9.17, 15) is 54.0 Å². The zero-order valence-electron chi connectivity index (χ0n) is 60.0. The summed E-state index contributed by atoms with van der Waals surface area (Å²) in [5.41, 5.74) is 15.7. The fourth-order valence-corrected chi connectivity index (χ4v) is 14.8. The van der Waals surface area contributed by atoms with Crippen molar-refractivity contribution in [3.63, 3.8) is 0 Å². The van der Waals surface area contributed by atoms with Gasteiger partial charge < -0.3 is 100 Å². The van der Waals surface area contributed by atoms with Gasteiger partial charge in [0.1, 0.15) is 66.2 Å². The van der Waals surface area contributed by atoms with E-state index in [-0.39, 0.29) is 87.8 Å². The van der Waals surface area contributed by atoms with Crippen molar-refractivity contribution in [3.8, 4) is 5.75 Å². The first-order chi connectivity index (χ1) is 51.1. The molecular weight excluding hydrogens is 1530 g/mol. The average Bonchev–Trinajstić information content (AvgIpc) is 1.39. The van der Waals surface area contributed by atoms with Crippen LogP contribution >= 0.6 is 44.2 Å². The number of aliphatic hydroxyl groups excluding tert-OH is 2. The second-order valence-corrected chi connectivity index (χ2v) is 30.6. The number of aliphatic carboxylic acids is 1. The van der Waals surface area contributed by atoms with Crippen LogP contribution in [0.4, 0.5) is 0 Å². The number of hydrogen-bond donors (Lipinski definition) is 18. The SMILES string of the molecule is CC(C)NCc1ccc(C[C@H]2C(=O)N[C@H]([C@@H](C)O)C(=O)N[C@@H](Cc3ccc(O)c(I)c3)C(=O)N[C@H]3CCCCNC(=O)CC[C@H](NC(=O)[C@H](Cc4ccccc4)NC(=O)[C@H](CCCCN)NC(=O)[C@@H](N)CSSC[C@@H](C(=O)O)NC(=O)[C@H](CO)NC3=O)C(=O)N[C@H](Cc3c[nH]c4ccccc34)C(=O)N2C)cc1. The number of nitrogens with two attached hydrogens (primary N) is 2. The van der Waals surface area contributed by atoms with Crippen molar-refractivity contribution in [3.05, 3.63) is 135 Å². The fraction of sp³-hybridized carbons (Fsp3) is 0.479. The lowest BCUT2D eigenvalue weighted by Gasteiger charge is -2.33. The van der Waals surface area contributed by atoms with Crippen LogP contribution in [0.5, 0.6) is 5.75 Å². The summed E-state index contributed by atoms with van der Waals surface area (Å²) in [5.74, 6) is -12.6. The van der Waals surface area contributed by atoms with Crippen LogP contribution in [0.25, 0.3) is 10.9 Å². The summed E-state index contributed by atoms with van der Waals surface area (Å²) in [6.45, 7) is 4.71. The molecule has 0 saturated carbocycles. The van der Waals surface area contributed by atoms with Crippen molar-refractivity contribution < 1.29 is 78.0 Å². The first-order valence-electron chi connectivity index (χ1n) is 35.5. The summed E-state index contributed by atoms with van der Waals surface area (Å²) in [6.07, 6.45) is -1.36. The molecule has 107 heavy (non-hydrogen) atoms. The van der Waals surface area contributed by atoms with Gasteiger partial charge in [-0.3, -0.25) is 52.7 Å². The maximum absolute atomic E-state index is 15.9. The summed E-state index contributed by atoms with van der Waals surface area (Å²) in [5, 5.41) is 73.3. The standard InChI is InChI=1S/C73H98IN15O16S2/c1-40(2)78-35-44-22-20-43(21-23-44)33-59-70(101)88-62(41(3)91)71(102)84-55(32-45-24-26-60(92)48(74)30-45)68(99)81-52-19-11-13-29-77-61(93)27-25-53(66(97)85-56(72(103)89(59)4)34-46-36-79-50-17-9-8-16-47(46)50)82-67(98)54(31-42-14-6-5-7-15-42)83-64(95)51(18-10-12-28-75)80-63(94)49(76)38-106-107-39-58(73(104)105)87-69(100)57(37-90)86-65(52)96/h5-9,14-17,20-24,26,30,36,40-41,49,51-59,62,78-79,90-92H,10-13,18-19,25,27-29,31-35,37-39,75-76H2,1-4H3,(H,77,93)(H,80,94)(H,81,99)(H,82,98)(H,83,95)(H,84,102)(H,85,97)(H,86,96)(H,87,100)(H,88,101)(H,104,105)/t41-,49+,51+,52+,53+,54+,55+,56-,57+,58+,59+,62-/m1/s1. The highest BCUT2D eigenvalue weighted by atomic mass is 127. The highest BCUT2D eigenvalue weighted by Gasteiger charge is 2.40. The molecule has 7 rings (SSSR count). The van der Waals surface area contributed by atoms with Gasteiger partial charge in [0, 0.05) is 86.9 Å². The van der Waals surface area contributed by atoms with Gasteiger partial charge in [-0.25, -0.2) is 4.79 Å². The Balaban J connectivity index is 1.38. The molecule has 2 aliphatic rings. The predicted molar refractivity (Wildman–Crippen MR) is 411 cm³/mol. The number of aromatic hydroxyl groups is 1. The summed E-state index contributed by atoms with van der Waals surface area (Å²) in [7, 11) is 3.17. The number of fused-ring (bicyclic) bond motifs is 10. The fourth-order valence-electron chi connectivity index (χ4n) is 11.9. The van der Waals surface area contributed by atoms with E-state index in [0.29, 0.717) is 56.1 Å². The van der Waals surface area contributed by atoms with Gasteiger partial charge in [-0.05, 0) is 127 Å². The number of nitrogens with zero attached hydrogens (tertiary/aromatic N) is 1. The van der Waals surface area contributed by atoms with Crippen LogP contribution in [-0.2, 0) is 89.8 Å². The third-order valence-electron chi connectivity index (χ3n) is 18.1. The van der Waals surface area contributed by atoms with Gasteiger partial charge in [0.05, 0.1) is 22.3 Å². The van der Waals surface area contributed by atoms with E-state index < -0.39 is 163 Å². The van der Waals surface area contributed by atoms with Crippen LogP contribution in [-0.4, -0.2) is 218 Å². The largest absolute Gasteiger partial charge is 0.507 e. The highest BCUT2D eigenvalue weighted by Crippen LogP contribution is 2.26. The monoisotopic (exact) mass is 1630 g/mol. The molecule has 12 atom stereocenters. The molecule has 34 heteroatoms. The normalized spacial score (nSPS) is 24.4. The molecule has 2 saturated heterocycles. The molecule has 4 aromatic carbocycles. The van der Waals surface area contributed by atoms with Crippen molar-refractivity contribution in [1.82, 2.24) is 68.4 Å². The molecule has 2 fully saturated rings. The molecular formula is C73H98IN15O16S2. The molecule has 0 spiro atoms. The Hall–Kier alpha value is -8.91. The maximum Gasteiger partial charge on any atom is 0.327 e. The van der Waals surface area contributed by atoms with E-state index in [1.807, 2.05) is 48.6 Å². The number of likely N-dealkylation sites (N-methyl/N-ethyl adjacent to an activating group) is 1. The van der Waals surface area contributed by atoms with Gasteiger partial charge in [0.15, 0.2) is 0 Å². The maximum atomic E-state index is 15.9. The Morgan fingerprint density at radius 1 is 0.617 bits per heavy atom. The topological polar surface area (TPSA) is 489 Å². The zero-order valence-corrected chi connectivity index (χ0v) is 63.8. The number of carbonyl (C=O) groups is 12. The number of carboxylic acids is 1. The molecule has 3 heterocycles. The van der Waals surface area contributed by atoms with Gasteiger partial charge in [-0.2, -0.15) is 0 Å². The van der Waals surface area contributed by atoms with Crippen molar-refractivity contribution >= 4 is 126 Å². The third kappa shape index (κ3) is 26.5. The van der Waals surface area contributed by atoms with Crippen molar-refractivity contribution in [2.75, 3.05) is 38.2 Å². The lowest BCUT2D eigenvalue weighted by Crippen LogP contribution is -2.63. The lowest BCUT2D eigenvalue weighted by molar-refractivity contribution is -0.143. The van der Waals surface area contributed by atoms with E-state index in [4.69, 9.17) is 11.5 Å². The second kappa shape index (κ2) is 42.6. The molecule has 2 bridgehead atoms. The van der Waals surface area contributed by atoms with E-state index in [2.05, 4.69) is 63.5 Å². The number of aromatic nitrogens is 1. The number of phenolic OH excluding ortho intramolecular Hbond substituents is 1. The van der Waals surface area contributed by atoms with E-state index in [0.717, 1.165) is 32.1 Å². The molecule has 11 amide bonds. The Morgan fingerprint density at radius 3 is 1.85 bits per heavy atom. The molecule has 0 radical (unpaired) electrons. The Morgan fingerprint density at radius 2 is 1.20 bits per heavy atom. The van der Waals surface area contributed by atoms with Crippen molar-refractivity contribution in [2.24, 2.45) is 11.5 Å². The number of nitrogens with one attached hydrogen (secondary N) is 12. The van der Waals surface area contributed by atoms with E-state index in [1.54, 1.807) is 72.9 Å². The van der Waals surface area contributed by atoms with Crippen LogP contribution in [0.3, 0.4) is 0 Å². The quantitative estimate of drug-likeness (QED) is 0.0307. The van der Waals surface area contributed by atoms with Gasteiger partial charge in [0.25, 0.3) is 0 Å². The molecule has 0 unspecified atom stereocenters. The second-order valence-electron chi connectivity index (χ2n) is 26.8. The van der Waals surface area contributed by atoms with Crippen LogP contribution in [0.2, 0.25) is 0 Å². The first-order valence-corrected chi connectivity index (χ1v) is 39.1. The number of carbonyl (C=O) groups excluding carboxylic acids is 11. The molecule has 0 aliphatic carbocycles. The van der Waals surface area contributed by atoms with Crippen LogP contribution in [0, 0.1) is 3.57 Å². The zero-order chi connectivity index (χ0) is 77.9. The number of amides is 11. The Bertz CT molecular complexity index is 3890. The molecule has 5 aromatic rings. The summed E-state index contributed by atoms with van der Waals surface area (Å²) in [6, 6.07) is 9.67. The molecule has 1 aromatic heterocycles. The van der Waals surface area contributed by atoms with E-state index in [1.165, 1.54) is 32.2 Å². The summed E-state index contributed by atoms with van der Waals surface area (Å²) < 4.78 is 0.346. The highest BCUT2D eigenvalue weighted by molar-refractivity contribution is 14.1. The van der Waals surface area contributed by atoms with Gasteiger partial charge >= 0.3 is 5.97 Å². The van der Waals surface area contributed by atoms with Crippen molar-refractivity contribution in [2.45, 2.75) is 183 Å². The lowest BCUT2D eigenvalue weighted by atomic mass is 9.98. The number of carboxylic acid groups (broad SMARTS) is 1. The van der Waals surface area contributed by atoms with Gasteiger partial charge in [-0.1, -0.05) is 114 Å². The summed E-state index contributed by atoms with van der Waals surface area (Å²) in [4.78, 5) is 180. The molecule has 2 aliphatic heterocycles. The third-order valence-corrected chi connectivity index (χ3v) is 21.5. The molecule has 31 nitrogen and oxygen atoms in total. The van der Waals surface area contributed by atoms with E-state index >= 15 is 24.0 Å². The predicted octanol–water partition coefficient (Wildman–Crippen LogP) is -0.174. The number of benzene rings is 4. The van der Waals surface area contributed by atoms with Crippen LogP contribution in [0.15, 0.2) is 103 Å². The van der Waals surface area contributed by atoms with Crippen LogP contribution in [0.1, 0.15) is 100.0 Å². The number of hydrogen-bond acceptors (Lipinski definition) is 20. The number of H-pyrrole nitrogens is 1. The number of rotatable bonds is 18. The smallest absolute Gasteiger partial charge is 0.327 e. The Labute approximate surface area is 641 Å². The molecule has 20 N–H and O–H groups in total. The number of aromatic amines is 1.